The van der Waals surface area contributed by atoms with Crippen LogP contribution in [-0.4, -0.2) is 25.3 Å². The average Bonchev–Trinajstić information content (AvgIpc) is 1.87. The number of hydrogen-bond donors (Lipinski definition) is 0. The minimum absolute atomic E-state index is 1.12. The second kappa shape index (κ2) is 6.59. The summed E-state index contributed by atoms with van der Waals surface area (Å²) in [5.41, 5.74) is 0. The Labute approximate surface area is 63.9 Å². The van der Waals surface area contributed by atoms with Crippen molar-refractivity contribution in [2.24, 2.45) is 5.10 Å². The van der Waals surface area contributed by atoms with Gasteiger partial charge in [0.05, 0.1) is 0 Å². The first-order valence-electron chi connectivity index (χ1n) is 3.97. The summed E-state index contributed by atoms with van der Waals surface area (Å²) in [5.74, 6) is 0. The van der Waals surface area contributed by atoms with Crippen molar-refractivity contribution >= 4 is 6.21 Å². The molecule has 60 valence electrons. The average molecular weight is 142 g/mol. The van der Waals surface area contributed by atoms with Crippen LogP contribution in [0.2, 0.25) is 0 Å². The van der Waals surface area contributed by atoms with Gasteiger partial charge in [-0.1, -0.05) is 19.8 Å². The highest BCUT2D eigenvalue weighted by atomic mass is 15.4. The standard InChI is InChI=1S/C8H18N2/c1-4-5-6-7-8-9-10(2)3/h8H,4-7H2,1-3H3/b9-8+. The quantitative estimate of drug-likeness (QED) is 0.326. The zero-order valence-corrected chi connectivity index (χ0v) is 7.30. The predicted molar refractivity (Wildman–Crippen MR) is 46.3 cm³/mol. The van der Waals surface area contributed by atoms with E-state index in [0.717, 1.165) is 6.42 Å². The Kier molecular flexibility index (Phi) is 6.24. The molecule has 0 amide bonds. The van der Waals surface area contributed by atoms with Crippen LogP contribution in [0.25, 0.3) is 0 Å². The summed E-state index contributed by atoms with van der Waals surface area (Å²) in [6, 6.07) is 0. The molecule has 0 aliphatic carbocycles. The fourth-order valence-electron chi connectivity index (χ4n) is 0.707. The molecular weight excluding hydrogens is 124 g/mol. The lowest BCUT2D eigenvalue weighted by Gasteiger charge is -2.01. The van der Waals surface area contributed by atoms with E-state index in [1.54, 1.807) is 0 Å². The zero-order chi connectivity index (χ0) is 7.82. The minimum Gasteiger partial charge on any atom is -0.303 e. The number of hydrogen-bond acceptors (Lipinski definition) is 2. The van der Waals surface area contributed by atoms with Crippen molar-refractivity contribution in [3.05, 3.63) is 0 Å². The normalized spacial score (nSPS) is 10.7. The van der Waals surface area contributed by atoms with Gasteiger partial charge in [0.2, 0.25) is 0 Å². The van der Waals surface area contributed by atoms with Crippen molar-refractivity contribution in [2.75, 3.05) is 14.1 Å². The van der Waals surface area contributed by atoms with Crippen LogP contribution in [0.4, 0.5) is 0 Å². The van der Waals surface area contributed by atoms with Gasteiger partial charge in [0.25, 0.3) is 0 Å². The molecule has 0 unspecified atom stereocenters. The molecule has 0 aromatic heterocycles. The van der Waals surface area contributed by atoms with E-state index < -0.39 is 0 Å². The Morgan fingerprint density at radius 3 is 2.50 bits per heavy atom. The van der Waals surface area contributed by atoms with Crippen molar-refractivity contribution < 1.29 is 0 Å². The first-order chi connectivity index (χ1) is 4.77. The second-order valence-electron chi connectivity index (χ2n) is 2.64. The number of nitrogens with zero attached hydrogens (tertiary/aromatic N) is 2. The molecule has 0 bridgehead atoms. The van der Waals surface area contributed by atoms with Crippen LogP contribution >= 0.6 is 0 Å². The largest absolute Gasteiger partial charge is 0.303 e. The van der Waals surface area contributed by atoms with E-state index in [9.17, 15) is 0 Å². The van der Waals surface area contributed by atoms with E-state index in [0.29, 0.717) is 0 Å². The molecule has 0 fully saturated rings. The van der Waals surface area contributed by atoms with E-state index >= 15 is 0 Å². The Morgan fingerprint density at radius 2 is 2.00 bits per heavy atom. The molecular formula is C8H18N2. The topological polar surface area (TPSA) is 15.6 Å². The molecule has 0 aromatic carbocycles. The van der Waals surface area contributed by atoms with Crippen LogP contribution < -0.4 is 0 Å². The van der Waals surface area contributed by atoms with Crippen molar-refractivity contribution in [2.45, 2.75) is 32.6 Å². The predicted octanol–water partition coefficient (Wildman–Crippen LogP) is 2.11. The zero-order valence-electron chi connectivity index (χ0n) is 7.30. The number of hydrazone groups is 1. The van der Waals surface area contributed by atoms with Crippen LogP contribution in [0.1, 0.15) is 32.6 Å². The summed E-state index contributed by atoms with van der Waals surface area (Å²) in [7, 11) is 3.88. The first-order valence-corrected chi connectivity index (χ1v) is 3.97. The monoisotopic (exact) mass is 142 g/mol. The molecule has 0 saturated carbocycles. The molecule has 0 spiro atoms. The summed E-state index contributed by atoms with van der Waals surface area (Å²) < 4.78 is 0. The van der Waals surface area contributed by atoms with Gasteiger partial charge in [-0.2, -0.15) is 5.10 Å². The van der Waals surface area contributed by atoms with Crippen molar-refractivity contribution in [3.8, 4) is 0 Å². The Hall–Kier alpha value is -0.530. The third-order valence-electron chi connectivity index (χ3n) is 1.25. The van der Waals surface area contributed by atoms with Gasteiger partial charge in [0.1, 0.15) is 0 Å². The maximum Gasteiger partial charge on any atom is 0.0244 e. The summed E-state index contributed by atoms with van der Waals surface area (Å²) >= 11 is 0. The summed E-state index contributed by atoms with van der Waals surface area (Å²) in [6.07, 6.45) is 6.98. The highest BCUT2D eigenvalue weighted by molar-refractivity contribution is 5.56. The molecule has 0 aromatic rings. The maximum atomic E-state index is 4.10. The van der Waals surface area contributed by atoms with E-state index in [1.807, 2.05) is 25.3 Å². The highest BCUT2D eigenvalue weighted by Gasteiger charge is 1.81. The van der Waals surface area contributed by atoms with Gasteiger partial charge in [0.15, 0.2) is 0 Å². The Morgan fingerprint density at radius 1 is 1.30 bits per heavy atom. The van der Waals surface area contributed by atoms with Gasteiger partial charge in [0, 0.05) is 20.3 Å². The molecule has 0 saturated heterocycles. The maximum absolute atomic E-state index is 4.10. The molecule has 0 atom stereocenters. The molecule has 0 aliphatic rings. The molecule has 0 heterocycles. The van der Waals surface area contributed by atoms with Crippen LogP contribution in [-0.2, 0) is 0 Å². The third-order valence-corrected chi connectivity index (χ3v) is 1.25. The van der Waals surface area contributed by atoms with Crippen molar-refractivity contribution in [3.63, 3.8) is 0 Å². The van der Waals surface area contributed by atoms with Gasteiger partial charge in [-0.05, 0) is 12.8 Å². The molecule has 2 heteroatoms. The molecule has 10 heavy (non-hydrogen) atoms. The van der Waals surface area contributed by atoms with E-state index in [2.05, 4.69) is 12.0 Å². The van der Waals surface area contributed by atoms with Gasteiger partial charge < -0.3 is 5.01 Å². The lowest BCUT2D eigenvalue weighted by Crippen LogP contribution is -2.01. The van der Waals surface area contributed by atoms with Crippen molar-refractivity contribution in [1.82, 2.24) is 5.01 Å². The van der Waals surface area contributed by atoms with Gasteiger partial charge in [-0.15, -0.1) is 0 Å². The Bertz CT molecular complexity index is 87.3. The van der Waals surface area contributed by atoms with Crippen LogP contribution in [0.5, 0.6) is 0 Å². The smallest absolute Gasteiger partial charge is 0.0244 e. The fourth-order valence-corrected chi connectivity index (χ4v) is 0.707. The molecule has 0 N–H and O–H groups in total. The third kappa shape index (κ3) is 7.47. The van der Waals surface area contributed by atoms with Crippen LogP contribution in [0.15, 0.2) is 5.10 Å². The molecule has 0 rings (SSSR count). The fraction of sp³-hybridized carbons (Fsp3) is 0.875. The molecule has 0 radical (unpaired) electrons. The van der Waals surface area contributed by atoms with Gasteiger partial charge >= 0.3 is 0 Å². The number of rotatable bonds is 5. The lowest BCUT2D eigenvalue weighted by molar-refractivity contribution is 0.438. The summed E-state index contributed by atoms with van der Waals surface area (Å²) in [4.78, 5) is 0. The van der Waals surface area contributed by atoms with Crippen LogP contribution in [0, 0.1) is 0 Å². The first kappa shape index (κ1) is 9.47. The summed E-state index contributed by atoms with van der Waals surface area (Å²) in [6.45, 7) is 2.21. The van der Waals surface area contributed by atoms with Crippen molar-refractivity contribution in [1.29, 1.82) is 0 Å². The minimum atomic E-state index is 1.12. The number of unbranched alkanes of at least 4 members (excludes halogenated alkanes) is 3. The lowest BCUT2D eigenvalue weighted by atomic mass is 10.2. The summed E-state index contributed by atoms with van der Waals surface area (Å²) in [5, 5.41) is 5.93. The highest BCUT2D eigenvalue weighted by Crippen LogP contribution is 1.95. The SMILES string of the molecule is CCCCC/C=N/N(C)C. The molecule has 0 aliphatic heterocycles. The van der Waals surface area contributed by atoms with E-state index in [-0.39, 0.29) is 0 Å². The molecule has 2 nitrogen and oxygen atoms in total. The second-order valence-corrected chi connectivity index (χ2v) is 2.64. The Balaban J connectivity index is 3.02. The van der Waals surface area contributed by atoms with Gasteiger partial charge in [-0.3, -0.25) is 0 Å². The van der Waals surface area contributed by atoms with Gasteiger partial charge in [-0.25, -0.2) is 0 Å². The van der Waals surface area contributed by atoms with E-state index in [4.69, 9.17) is 0 Å². The van der Waals surface area contributed by atoms with Crippen LogP contribution in [0.3, 0.4) is 0 Å². The van der Waals surface area contributed by atoms with E-state index in [1.165, 1.54) is 19.3 Å².